The quantitative estimate of drug-likeness (QED) is 0.804. The Balaban J connectivity index is 2.18. The molecule has 2 aromatic rings. The van der Waals surface area contributed by atoms with E-state index >= 15 is 0 Å². The highest BCUT2D eigenvalue weighted by atomic mass is 32.2. The van der Waals surface area contributed by atoms with Gasteiger partial charge in [0.25, 0.3) is 0 Å². The number of rotatable bonds is 6. The van der Waals surface area contributed by atoms with Gasteiger partial charge in [0.05, 0.1) is 6.20 Å². The summed E-state index contributed by atoms with van der Waals surface area (Å²) < 4.78 is 27.8. The molecule has 2 N–H and O–H groups in total. The Bertz CT molecular complexity index is 725. The lowest BCUT2D eigenvalue weighted by Crippen LogP contribution is -2.42. The van der Waals surface area contributed by atoms with Gasteiger partial charge < -0.3 is 5.11 Å². The van der Waals surface area contributed by atoms with Crippen molar-refractivity contribution in [1.82, 2.24) is 14.5 Å². The van der Waals surface area contributed by atoms with E-state index in [-0.39, 0.29) is 11.3 Å². The Morgan fingerprint density at radius 3 is 2.57 bits per heavy atom. The number of aryl methyl sites for hydroxylation is 1. The van der Waals surface area contributed by atoms with Gasteiger partial charge in [-0.2, -0.15) is 9.82 Å². The molecule has 7 nitrogen and oxygen atoms in total. The highest BCUT2D eigenvalue weighted by Crippen LogP contribution is 2.10. The standard InChI is InChI=1S/C13H15N3O4S/c1-16-9-11(8-14-16)21(19,20)15-12(13(17)18)7-10-5-3-2-4-6-10/h2-6,8-9,12,15H,7H2,1H3,(H,17,18). The molecular weight excluding hydrogens is 294 g/mol. The van der Waals surface area contributed by atoms with Gasteiger partial charge in [-0.05, 0) is 12.0 Å². The van der Waals surface area contributed by atoms with E-state index in [0.717, 1.165) is 5.56 Å². The molecule has 2 rings (SSSR count). The number of aliphatic carboxylic acids is 1. The Labute approximate surface area is 122 Å². The predicted molar refractivity (Wildman–Crippen MR) is 75.1 cm³/mol. The molecule has 0 amide bonds. The summed E-state index contributed by atoms with van der Waals surface area (Å²) in [5.74, 6) is -1.23. The maximum Gasteiger partial charge on any atom is 0.322 e. The third kappa shape index (κ3) is 3.89. The lowest BCUT2D eigenvalue weighted by atomic mass is 10.1. The summed E-state index contributed by atoms with van der Waals surface area (Å²) in [6, 6.07) is 7.59. The summed E-state index contributed by atoms with van der Waals surface area (Å²) in [6.07, 6.45) is 2.54. The van der Waals surface area contributed by atoms with Crippen molar-refractivity contribution in [3.63, 3.8) is 0 Å². The van der Waals surface area contributed by atoms with E-state index in [9.17, 15) is 18.3 Å². The minimum absolute atomic E-state index is 0.0651. The van der Waals surface area contributed by atoms with Crippen LogP contribution in [0.3, 0.4) is 0 Å². The van der Waals surface area contributed by atoms with Gasteiger partial charge in [0.15, 0.2) is 0 Å². The molecular formula is C13H15N3O4S. The minimum atomic E-state index is -3.92. The number of aromatic nitrogens is 2. The van der Waals surface area contributed by atoms with E-state index in [2.05, 4.69) is 9.82 Å². The number of benzene rings is 1. The first-order valence-corrected chi connectivity index (χ1v) is 7.64. The molecule has 112 valence electrons. The maximum atomic E-state index is 12.1. The highest BCUT2D eigenvalue weighted by Gasteiger charge is 2.26. The first-order chi connectivity index (χ1) is 9.88. The first-order valence-electron chi connectivity index (χ1n) is 6.16. The molecule has 0 spiro atoms. The molecule has 0 bridgehead atoms. The molecule has 0 saturated carbocycles. The van der Waals surface area contributed by atoms with E-state index < -0.39 is 22.0 Å². The second kappa shape index (κ2) is 6.06. The molecule has 1 atom stereocenters. The van der Waals surface area contributed by atoms with Crippen LogP contribution < -0.4 is 4.72 Å². The first kappa shape index (κ1) is 15.2. The molecule has 0 saturated heterocycles. The molecule has 21 heavy (non-hydrogen) atoms. The Hall–Kier alpha value is -2.19. The van der Waals surface area contributed by atoms with E-state index in [1.807, 2.05) is 0 Å². The summed E-state index contributed by atoms with van der Waals surface area (Å²) in [6.45, 7) is 0. The summed E-state index contributed by atoms with van der Waals surface area (Å²) >= 11 is 0. The number of sulfonamides is 1. The van der Waals surface area contributed by atoms with Crippen LogP contribution in [0.25, 0.3) is 0 Å². The molecule has 1 heterocycles. The fourth-order valence-corrected chi connectivity index (χ4v) is 2.99. The van der Waals surface area contributed by atoms with Gasteiger partial charge in [0.2, 0.25) is 10.0 Å². The van der Waals surface area contributed by atoms with E-state index in [0.29, 0.717) is 0 Å². The lowest BCUT2D eigenvalue weighted by Gasteiger charge is -2.14. The zero-order chi connectivity index (χ0) is 15.5. The molecule has 8 heteroatoms. The third-order valence-electron chi connectivity index (χ3n) is 2.87. The topological polar surface area (TPSA) is 101 Å². The van der Waals surface area contributed by atoms with E-state index in [1.165, 1.54) is 17.1 Å². The molecule has 0 radical (unpaired) electrons. The number of carboxylic acid groups (broad SMARTS) is 1. The molecule has 0 aliphatic heterocycles. The van der Waals surface area contributed by atoms with Gasteiger partial charge in [-0.25, -0.2) is 8.42 Å². The van der Waals surface area contributed by atoms with Crippen LogP contribution in [0.5, 0.6) is 0 Å². The van der Waals surface area contributed by atoms with Crippen molar-refractivity contribution < 1.29 is 18.3 Å². The number of carbonyl (C=O) groups is 1. The Kier molecular flexibility index (Phi) is 4.39. The third-order valence-corrected chi connectivity index (χ3v) is 4.30. The van der Waals surface area contributed by atoms with Crippen molar-refractivity contribution in [2.45, 2.75) is 17.4 Å². The second-order valence-corrected chi connectivity index (χ2v) is 6.27. The Morgan fingerprint density at radius 2 is 2.05 bits per heavy atom. The van der Waals surface area contributed by atoms with Gasteiger partial charge in [-0.15, -0.1) is 0 Å². The minimum Gasteiger partial charge on any atom is -0.480 e. The number of hydrogen-bond acceptors (Lipinski definition) is 4. The molecule has 1 aromatic heterocycles. The van der Waals surface area contributed by atoms with Gasteiger partial charge in [0, 0.05) is 13.2 Å². The summed E-state index contributed by atoms with van der Waals surface area (Å²) in [4.78, 5) is 11.2. The largest absolute Gasteiger partial charge is 0.480 e. The van der Waals surface area contributed by atoms with Gasteiger partial charge in [-0.3, -0.25) is 9.48 Å². The lowest BCUT2D eigenvalue weighted by molar-refractivity contribution is -0.138. The van der Waals surface area contributed by atoms with Gasteiger partial charge in [-0.1, -0.05) is 30.3 Å². The summed E-state index contributed by atoms with van der Waals surface area (Å²) in [5.41, 5.74) is 0.735. The van der Waals surface area contributed by atoms with E-state index in [4.69, 9.17) is 0 Å². The van der Waals surface area contributed by atoms with Crippen molar-refractivity contribution in [2.24, 2.45) is 7.05 Å². The summed E-state index contributed by atoms with van der Waals surface area (Å²) in [7, 11) is -2.34. The van der Waals surface area contributed by atoms with Crippen molar-refractivity contribution in [1.29, 1.82) is 0 Å². The van der Waals surface area contributed by atoms with Crippen molar-refractivity contribution >= 4 is 16.0 Å². The average molecular weight is 309 g/mol. The van der Waals surface area contributed by atoms with Crippen molar-refractivity contribution in [3.05, 3.63) is 48.3 Å². The number of hydrogen-bond donors (Lipinski definition) is 2. The fraction of sp³-hybridized carbons (Fsp3) is 0.231. The van der Waals surface area contributed by atoms with Crippen LogP contribution in [0.15, 0.2) is 47.6 Å². The molecule has 1 aromatic carbocycles. The summed E-state index contributed by atoms with van der Waals surface area (Å²) in [5, 5.41) is 13.0. The van der Waals surface area contributed by atoms with Crippen LogP contribution in [-0.4, -0.2) is 35.3 Å². The molecule has 1 unspecified atom stereocenters. The van der Waals surface area contributed by atoms with E-state index in [1.54, 1.807) is 37.4 Å². The van der Waals surface area contributed by atoms with Crippen LogP contribution in [0.2, 0.25) is 0 Å². The molecule has 0 fully saturated rings. The van der Waals surface area contributed by atoms with Crippen LogP contribution >= 0.6 is 0 Å². The Morgan fingerprint density at radius 1 is 1.38 bits per heavy atom. The average Bonchev–Trinajstić information content (AvgIpc) is 2.86. The monoisotopic (exact) mass is 309 g/mol. The molecule has 0 aliphatic rings. The normalized spacial score (nSPS) is 13.0. The zero-order valence-electron chi connectivity index (χ0n) is 11.3. The van der Waals surface area contributed by atoms with Crippen LogP contribution in [-0.2, 0) is 28.3 Å². The van der Waals surface area contributed by atoms with Crippen LogP contribution in [0.4, 0.5) is 0 Å². The maximum absolute atomic E-state index is 12.1. The van der Waals surface area contributed by atoms with Crippen LogP contribution in [0.1, 0.15) is 5.56 Å². The number of nitrogens with zero attached hydrogens (tertiary/aromatic N) is 2. The fourth-order valence-electron chi connectivity index (χ4n) is 1.82. The SMILES string of the molecule is Cn1cc(S(=O)(=O)NC(Cc2ccccc2)C(=O)O)cn1. The number of nitrogens with one attached hydrogen (secondary N) is 1. The second-order valence-electron chi connectivity index (χ2n) is 4.55. The smallest absolute Gasteiger partial charge is 0.322 e. The van der Waals surface area contributed by atoms with Gasteiger partial charge in [0.1, 0.15) is 10.9 Å². The van der Waals surface area contributed by atoms with Crippen LogP contribution in [0, 0.1) is 0 Å². The van der Waals surface area contributed by atoms with Crippen molar-refractivity contribution in [3.8, 4) is 0 Å². The highest BCUT2D eigenvalue weighted by molar-refractivity contribution is 7.89. The van der Waals surface area contributed by atoms with Crippen molar-refractivity contribution in [2.75, 3.05) is 0 Å². The molecule has 0 aliphatic carbocycles. The predicted octanol–water partition coefficient (Wildman–Crippen LogP) is 0.394. The number of carboxylic acids is 1. The zero-order valence-corrected chi connectivity index (χ0v) is 12.1. The van der Waals surface area contributed by atoms with Gasteiger partial charge >= 0.3 is 5.97 Å².